The minimum atomic E-state index is -0.773. The highest BCUT2D eigenvalue weighted by Gasteiger charge is 2.67. The Kier molecular flexibility index (Phi) is 7.06. The molecular weight excluding hydrogens is 523 g/mol. The van der Waals surface area contributed by atoms with Gasteiger partial charge in [0.25, 0.3) is 5.56 Å². The molecule has 41 heavy (non-hydrogen) atoms. The van der Waals surface area contributed by atoms with E-state index in [0.29, 0.717) is 36.9 Å². The van der Waals surface area contributed by atoms with E-state index >= 15 is 0 Å². The van der Waals surface area contributed by atoms with Crippen LogP contribution in [0.4, 0.5) is 10.5 Å². The molecule has 3 aliphatic carbocycles. The number of rotatable bonds is 8. The van der Waals surface area contributed by atoms with E-state index in [2.05, 4.69) is 43.0 Å². The number of anilines is 1. The van der Waals surface area contributed by atoms with Crippen molar-refractivity contribution in [2.75, 3.05) is 5.32 Å². The topological polar surface area (TPSA) is 121 Å². The first-order valence-electron chi connectivity index (χ1n) is 14.4. The number of fused-ring (bicyclic) bond motifs is 1. The molecule has 2 bridgehead atoms. The summed E-state index contributed by atoms with van der Waals surface area (Å²) in [6, 6.07) is 8.46. The molecule has 1 aromatic carbocycles. The van der Waals surface area contributed by atoms with Gasteiger partial charge in [-0.3, -0.25) is 19.5 Å². The number of nitrogens with zero attached hydrogens (tertiary/aromatic N) is 2. The molecule has 3 saturated carbocycles. The van der Waals surface area contributed by atoms with Gasteiger partial charge >= 0.3 is 13.2 Å². The maximum absolute atomic E-state index is 13.6. The summed E-state index contributed by atoms with van der Waals surface area (Å²) >= 11 is 0. The SMILES string of the molecule is C=CC[C@H](NC(=O)[C@@H]1CCc2ncc(NC(=O)OCc3ccccc3)c(=O)n21)B1O[C@@H]2C3CC(C[C@]2(C)O1)C3(C)C. The second-order valence-corrected chi connectivity index (χ2v) is 12.6. The normalized spacial score (nSPS) is 29.5. The third-order valence-corrected chi connectivity index (χ3v) is 9.68. The zero-order chi connectivity index (χ0) is 28.9. The Bertz CT molecular complexity index is 1410. The van der Waals surface area contributed by atoms with Gasteiger partial charge in [-0.25, -0.2) is 9.78 Å². The van der Waals surface area contributed by atoms with E-state index in [1.165, 1.54) is 10.8 Å². The summed E-state index contributed by atoms with van der Waals surface area (Å²) in [5.41, 5.74) is 0.116. The van der Waals surface area contributed by atoms with Crippen LogP contribution in [0.25, 0.3) is 0 Å². The Morgan fingerprint density at radius 1 is 1.29 bits per heavy atom. The molecule has 2 aromatic rings. The Morgan fingerprint density at radius 3 is 2.80 bits per heavy atom. The highest BCUT2D eigenvalue weighted by Crippen LogP contribution is 2.64. The highest BCUT2D eigenvalue weighted by atomic mass is 16.7. The van der Waals surface area contributed by atoms with Crippen LogP contribution in [0.2, 0.25) is 0 Å². The van der Waals surface area contributed by atoms with Crippen LogP contribution in [0.3, 0.4) is 0 Å². The average molecular weight is 560 g/mol. The molecule has 1 saturated heterocycles. The van der Waals surface area contributed by atoms with Crippen LogP contribution in [0.15, 0.2) is 54.0 Å². The summed E-state index contributed by atoms with van der Waals surface area (Å²) in [5.74, 6) is 0.752. The van der Waals surface area contributed by atoms with Gasteiger partial charge in [0.15, 0.2) is 0 Å². The van der Waals surface area contributed by atoms with Gasteiger partial charge in [-0.1, -0.05) is 50.3 Å². The van der Waals surface area contributed by atoms with E-state index in [1.54, 1.807) is 6.08 Å². The Hall–Kier alpha value is -3.44. The van der Waals surface area contributed by atoms with Crippen molar-refractivity contribution in [2.24, 2.45) is 17.3 Å². The molecule has 2 aliphatic heterocycles. The molecule has 10 nitrogen and oxygen atoms in total. The van der Waals surface area contributed by atoms with Crippen molar-refractivity contribution >= 4 is 24.8 Å². The summed E-state index contributed by atoms with van der Waals surface area (Å²) in [6.45, 7) is 10.7. The number of ether oxygens (including phenoxy) is 1. The Balaban J connectivity index is 1.14. The smallest absolute Gasteiger partial charge is 0.444 e. The molecule has 1 aromatic heterocycles. The second kappa shape index (κ2) is 10.4. The minimum absolute atomic E-state index is 0.0222. The molecular formula is C30H37BN4O6. The van der Waals surface area contributed by atoms with Crippen LogP contribution in [0, 0.1) is 17.3 Å². The zero-order valence-electron chi connectivity index (χ0n) is 23.8. The molecule has 7 rings (SSSR count). The summed E-state index contributed by atoms with van der Waals surface area (Å²) in [7, 11) is -0.606. The monoisotopic (exact) mass is 560 g/mol. The summed E-state index contributed by atoms with van der Waals surface area (Å²) in [4.78, 5) is 43.7. The van der Waals surface area contributed by atoms with Crippen molar-refractivity contribution < 1.29 is 23.6 Å². The predicted octanol–water partition coefficient (Wildman–Crippen LogP) is 3.81. The molecule has 4 fully saturated rings. The number of carbonyl (C=O) groups is 2. The molecule has 11 heteroatoms. The van der Waals surface area contributed by atoms with Gasteiger partial charge in [0, 0.05) is 6.42 Å². The molecule has 216 valence electrons. The first-order chi connectivity index (χ1) is 19.6. The molecule has 2 amide bonds. The van der Waals surface area contributed by atoms with Crippen LogP contribution in [0.1, 0.15) is 63.9 Å². The van der Waals surface area contributed by atoms with Crippen molar-refractivity contribution in [3.8, 4) is 0 Å². The van der Waals surface area contributed by atoms with Gasteiger partial charge in [0.2, 0.25) is 5.91 Å². The van der Waals surface area contributed by atoms with Gasteiger partial charge in [0.1, 0.15) is 24.2 Å². The van der Waals surface area contributed by atoms with Crippen LogP contribution in [-0.2, 0) is 31.9 Å². The maximum atomic E-state index is 13.6. The average Bonchev–Trinajstić information content (AvgIpc) is 3.55. The van der Waals surface area contributed by atoms with E-state index in [1.807, 2.05) is 30.3 Å². The van der Waals surface area contributed by atoms with Crippen LogP contribution >= 0.6 is 0 Å². The third kappa shape index (κ3) is 4.89. The number of aryl methyl sites for hydroxylation is 1. The van der Waals surface area contributed by atoms with Crippen molar-refractivity contribution in [2.45, 2.75) is 83.2 Å². The van der Waals surface area contributed by atoms with E-state index in [-0.39, 0.29) is 35.3 Å². The minimum Gasteiger partial charge on any atom is -0.444 e. The maximum Gasteiger partial charge on any atom is 0.482 e. The van der Waals surface area contributed by atoms with E-state index in [4.69, 9.17) is 14.0 Å². The van der Waals surface area contributed by atoms with Crippen molar-refractivity contribution in [1.29, 1.82) is 0 Å². The molecule has 5 aliphatic rings. The fourth-order valence-electron chi connectivity index (χ4n) is 7.22. The lowest BCUT2D eigenvalue weighted by Gasteiger charge is -2.63. The lowest BCUT2D eigenvalue weighted by atomic mass is 9.45. The lowest BCUT2D eigenvalue weighted by Crippen LogP contribution is -2.63. The number of aromatic nitrogens is 2. The second-order valence-electron chi connectivity index (χ2n) is 12.6. The van der Waals surface area contributed by atoms with Crippen LogP contribution in [-0.4, -0.2) is 46.3 Å². The molecule has 0 spiro atoms. The molecule has 3 heterocycles. The zero-order valence-corrected chi connectivity index (χ0v) is 23.8. The van der Waals surface area contributed by atoms with Crippen molar-refractivity contribution in [3.05, 3.63) is 70.9 Å². The quantitative estimate of drug-likeness (QED) is 0.372. The van der Waals surface area contributed by atoms with Gasteiger partial charge in [-0.05, 0) is 55.4 Å². The third-order valence-electron chi connectivity index (χ3n) is 9.68. The molecule has 6 atom stereocenters. The molecule has 2 N–H and O–H groups in total. The van der Waals surface area contributed by atoms with Gasteiger partial charge < -0.3 is 19.4 Å². The number of nitrogens with one attached hydrogen (secondary N) is 2. The number of hydrogen-bond acceptors (Lipinski definition) is 7. The summed E-state index contributed by atoms with van der Waals surface area (Å²) in [6.07, 6.45) is 5.68. The van der Waals surface area contributed by atoms with E-state index in [0.717, 1.165) is 18.4 Å². The van der Waals surface area contributed by atoms with Gasteiger partial charge in [0.05, 0.1) is 23.8 Å². The standard InChI is InChI=1S/C30H37BN4O6/c1-5-9-23(31-40-25-20-14-19(29(20,2)3)15-30(25,4)41-31)34-26(36)22-12-13-24-32-16-21(27(37)35(22)24)33-28(38)39-17-18-10-7-6-8-11-18/h5-8,10-11,16,19-20,22-23,25H,1,9,12-15,17H2,2-4H3,(H,33,38)(H,34,36)/t19?,20?,22-,23-,25+,30-/m0/s1. The first kappa shape index (κ1) is 27.7. The van der Waals surface area contributed by atoms with Gasteiger partial charge in [-0.2, -0.15) is 0 Å². The Labute approximate surface area is 240 Å². The number of hydrogen-bond donors (Lipinski definition) is 2. The number of carbonyl (C=O) groups excluding carboxylic acids is 2. The number of amides is 2. The molecule has 2 unspecified atom stereocenters. The Morgan fingerprint density at radius 2 is 2.07 bits per heavy atom. The van der Waals surface area contributed by atoms with Crippen LogP contribution in [0.5, 0.6) is 0 Å². The first-order valence-corrected chi connectivity index (χ1v) is 14.4. The summed E-state index contributed by atoms with van der Waals surface area (Å²) in [5, 5.41) is 5.57. The number of benzene rings is 1. The molecule has 0 radical (unpaired) electrons. The van der Waals surface area contributed by atoms with Crippen LogP contribution < -0.4 is 16.2 Å². The fourth-order valence-corrected chi connectivity index (χ4v) is 7.22. The highest BCUT2D eigenvalue weighted by molar-refractivity contribution is 6.48. The largest absolute Gasteiger partial charge is 0.482 e. The van der Waals surface area contributed by atoms with Gasteiger partial charge in [-0.15, -0.1) is 6.58 Å². The van der Waals surface area contributed by atoms with E-state index in [9.17, 15) is 14.4 Å². The van der Waals surface area contributed by atoms with Crippen molar-refractivity contribution in [3.63, 3.8) is 0 Å². The lowest BCUT2D eigenvalue weighted by molar-refractivity contribution is -0.185. The summed E-state index contributed by atoms with van der Waals surface area (Å²) < 4.78 is 19.6. The predicted molar refractivity (Wildman–Crippen MR) is 153 cm³/mol. The van der Waals surface area contributed by atoms with Crippen molar-refractivity contribution in [1.82, 2.24) is 14.9 Å². The fraction of sp³-hybridized carbons (Fsp3) is 0.533. The van der Waals surface area contributed by atoms with E-state index < -0.39 is 30.8 Å².